The van der Waals surface area contributed by atoms with Crippen molar-refractivity contribution in [3.63, 3.8) is 0 Å². The molecule has 1 heterocycles. The summed E-state index contributed by atoms with van der Waals surface area (Å²) in [7, 11) is 0. The third-order valence-electron chi connectivity index (χ3n) is 4.79. The van der Waals surface area contributed by atoms with Gasteiger partial charge in [-0.1, -0.05) is 54.6 Å². The van der Waals surface area contributed by atoms with Crippen LogP contribution in [0.4, 0.5) is 0 Å². The molecule has 0 saturated heterocycles. The Kier molecular flexibility index (Phi) is 8.27. The normalized spacial score (nSPS) is 13.6. The maximum absolute atomic E-state index is 10.6. The molecule has 2 aromatic carbocycles. The van der Waals surface area contributed by atoms with Crippen molar-refractivity contribution in [2.75, 3.05) is 13.1 Å². The number of hydrogen-bond acceptors (Lipinski definition) is 4. The molecule has 0 radical (unpaired) electrons. The Hall–Kier alpha value is -3.09. The fourth-order valence-corrected chi connectivity index (χ4v) is 3.12. The van der Waals surface area contributed by atoms with Crippen molar-refractivity contribution in [3.8, 4) is 0 Å². The van der Waals surface area contributed by atoms with Gasteiger partial charge in [0.25, 0.3) is 0 Å². The van der Waals surface area contributed by atoms with Gasteiger partial charge in [-0.3, -0.25) is 0 Å². The van der Waals surface area contributed by atoms with Crippen LogP contribution in [0, 0.1) is 0 Å². The molecule has 6 nitrogen and oxygen atoms in total. The van der Waals surface area contributed by atoms with Gasteiger partial charge in [0.1, 0.15) is 11.4 Å². The van der Waals surface area contributed by atoms with E-state index in [0.717, 1.165) is 23.2 Å². The lowest BCUT2D eigenvalue weighted by Crippen LogP contribution is -2.44. The largest absolute Gasteiger partial charge is 0.466 e. The fraction of sp³-hybridized carbons (Fsp3) is 0.320. The highest BCUT2D eigenvalue weighted by Gasteiger charge is 2.26. The Bertz CT molecular complexity index is 938. The zero-order valence-corrected chi connectivity index (χ0v) is 18.2. The number of aliphatic imine (C=N–C) groups is 1. The number of furan rings is 1. The number of hydrogen-bond donors (Lipinski definition) is 3. The molecule has 0 amide bonds. The second kappa shape index (κ2) is 11.3. The monoisotopic (exact) mass is 421 g/mol. The molecule has 6 heteroatoms. The van der Waals surface area contributed by atoms with Gasteiger partial charge in [-0.05, 0) is 42.7 Å². The molecular weight excluding hydrogens is 390 g/mol. The van der Waals surface area contributed by atoms with Crippen LogP contribution in [-0.2, 0) is 30.1 Å². The molecule has 3 rings (SSSR count). The first kappa shape index (κ1) is 22.6. The summed E-state index contributed by atoms with van der Waals surface area (Å²) < 4.78 is 11.2. The average molecular weight is 422 g/mol. The first-order chi connectivity index (χ1) is 15.1. The molecule has 0 fully saturated rings. The standard InChI is InChI=1S/C25H31N3O3/c1-3-26-24(28-19-25(2,29)23-13-8-14-31-23)27-16-21-11-7-12-22(15-21)18-30-17-20-9-5-4-6-10-20/h4-15,29H,3,16-19H2,1-2H3,(H2,26,27,28). The van der Waals surface area contributed by atoms with Gasteiger partial charge < -0.3 is 24.9 Å². The Morgan fingerprint density at radius 2 is 1.71 bits per heavy atom. The van der Waals surface area contributed by atoms with E-state index in [9.17, 15) is 5.11 Å². The molecule has 1 atom stereocenters. The molecular formula is C25H31N3O3. The van der Waals surface area contributed by atoms with Crippen LogP contribution in [0.5, 0.6) is 0 Å². The van der Waals surface area contributed by atoms with E-state index in [0.29, 0.717) is 31.5 Å². The Labute approximate surface area is 184 Å². The highest BCUT2D eigenvalue weighted by Crippen LogP contribution is 2.19. The van der Waals surface area contributed by atoms with Gasteiger partial charge in [0, 0.05) is 6.54 Å². The van der Waals surface area contributed by atoms with Crippen molar-refractivity contribution in [3.05, 3.63) is 95.4 Å². The van der Waals surface area contributed by atoms with Crippen molar-refractivity contribution in [1.82, 2.24) is 10.6 Å². The molecule has 31 heavy (non-hydrogen) atoms. The minimum Gasteiger partial charge on any atom is -0.466 e. The maximum Gasteiger partial charge on any atom is 0.191 e. The molecule has 164 valence electrons. The summed E-state index contributed by atoms with van der Waals surface area (Å²) >= 11 is 0. The van der Waals surface area contributed by atoms with E-state index in [-0.39, 0.29) is 6.54 Å². The van der Waals surface area contributed by atoms with Crippen LogP contribution in [0.3, 0.4) is 0 Å². The topological polar surface area (TPSA) is 79.0 Å². The first-order valence-electron chi connectivity index (χ1n) is 10.5. The maximum atomic E-state index is 10.6. The first-order valence-corrected chi connectivity index (χ1v) is 10.5. The van der Waals surface area contributed by atoms with Crippen LogP contribution in [0.25, 0.3) is 0 Å². The van der Waals surface area contributed by atoms with E-state index in [4.69, 9.17) is 9.15 Å². The number of nitrogens with one attached hydrogen (secondary N) is 2. The number of guanidine groups is 1. The van der Waals surface area contributed by atoms with Crippen molar-refractivity contribution < 1.29 is 14.3 Å². The molecule has 0 bridgehead atoms. The van der Waals surface area contributed by atoms with Crippen molar-refractivity contribution >= 4 is 5.96 Å². The van der Waals surface area contributed by atoms with E-state index in [2.05, 4.69) is 39.9 Å². The highest BCUT2D eigenvalue weighted by molar-refractivity contribution is 5.79. The number of ether oxygens (including phenoxy) is 1. The zero-order chi connectivity index (χ0) is 21.9. The van der Waals surface area contributed by atoms with E-state index < -0.39 is 5.60 Å². The van der Waals surface area contributed by atoms with Crippen LogP contribution in [0.2, 0.25) is 0 Å². The van der Waals surface area contributed by atoms with Gasteiger partial charge >= 0.3 is 0 Å². The Morgan fingerprint density at radius 1 is 0.968 bits per heavy atom. The molecule has 3 N–H and O–H groups in total. The molecule has 0 aliphatic heterocycles. The summed E-state index contributed by atoms with van der Waals surface area (Å²) in [4.78, 5) is 4.65. The summed E-state index contributed by atoms with van der Waals surface area (Å²) in [6, 6.07) is 21.9. The molecule has 0 aliphatic carbocycles. The minimum absolute atomic E-state index is 0.277. The van der Waals surface area contributed by atoms with Gasteiger partial charge in [0.05, 0.1) is 32.6 Å². The molecule has 1 aromatic heterocycles. The van der Waals surface area contributed by atoms with Gasteiger partial charge in [-0.15, -0.1) is 0 Å². The summed E-state index contributed by atoms with van der Waals surface area (Å²) in [5, 5.41) is 17.0. The lowest BCUT2D eigenvalue weighted by molar-refractivity contribution is 0.0386. The predicted molar refractivity (Wildman–Crippen MR) is 122 cm³/mol. The molecule has 0 aliphatic rings. The molecule has 1 unspecified atom stereocenters. The van der Waals surface area contributed by atoms with Gasteiger partial charge in [-0.25, -0.2) is 4.99 Å². The summed E-state index contributed by atoms with van der Waals surface area (Å²) in [5.74, 6) is 1.15. The SMILES string of the molecule is CCNC(=NCc1cccc(COCc2ccccc2)c1)NCC(C)(O)c1ccco1. The zero-order valence-electron chi connectivity index (χ0n) is 18.2. The van der Waals surface area contributed by atoms with E-state index in [1.54, 1.807) is 25.3 Å². The summed E-state index contributed by atoms with van der Waals surface area (Å²) in [5.41, 5.74) is 2.24. The number of rotatable bonds is 10. The van der Waals surface area contributed by atoms with E-state index in [1.807, 2.05) is 37.3 Å². The smallest absolute Gasteiger partial charge is 0.191 e. The van der Waals surface area contributed by atoms with Crippen molar-refractivity contribution in [1.29, 1.82) is 0 Å². The number of benzene rings is 2. The van der Waals surface area contributed by atoms with Crippen molar-refractivity contribution in [2.24, 2.45) is 4.99 Å². The summed E-state index contributed by atoms with van der Waals surface area (Å²) in [6.45, 7) is 6.38. The quantitative estimate of drug-likeness (QED) is 0.341. The van der Waals surface area contributed by atoms with Gasteiger partial charge in [0.2, 0.25) is 0 Å². The van der Waals surface area contributed by atoms with Crippen LogP contribution in [0.1, 0.15) is 36.3 Å². The van der Waals surface area contributed by atoms with E-state index in [1.165, 1.54) is 0 Å². The predicted octanol–water partition coefficient (Wildman–Crippen LogP) is 3.96. The summed E-state index contributed by atoms with van der Waals surface area (Å²) in [6.07, 6.45) is 1.56. The van der Waals surface area contributed by atoms with Crippen LogP contribution >= 0.6 is 0 Å². The van der Waals surface area contributed by atoms with Crippen LogP contribution < -0.4 is 10.6 Å². The fourth-order valence-electron chi connectivity index (χ4n) is 3.12. The third kappa shape index (κ3) is 7.27. The molecule has 3 aromatic rings. The minimum atomic E-state index is -1.13. The van der Waals surface area contributed by atoms with Crippen LogP contribution in [-0.4, -0.2) is 24.2 Å². The van der Waals surface area contributed by atoms with E-state index >= 15 is 0 Å². The third-order valence-corrected chi connectivity index (χ3v) is 4.79. The lowest BCUT2D eigenvalue weighted by Gasteiger charge is -2.22. The molecule has 0 saturated carbocycles. The second-order valence-corrected chi connectivity index (χ2v) is 7.60. The lowest BCUT2D eigenvalue weighted by atomic mass is 10.0. The average Bonchev–Trinajstić information content (AvgIpc) is 3.33. The van der Waals surface area contributed by atoms with Crippen LogP contribution in [0.15, 0.2) is 82.4 Å². The molecule has 0 spiro atoms. The highest BCUT2D eigenvalue weighted by atomic mass is 16.5. The second-order valence-electron chi connectivity index (χ2n) is 7.60. The van der Waals surface area contributed by atoms with Gasteiger partial charge in [-0.2, -0.15) is 0 Å². The number of nitrogens with zero attached hydrogens (tertiary/aromatic N) is 1. The number of aliphatic hydroxyl groups is 1. The van der Waals surface area contributed by atoms with Crippen molar-refractivity contribution in [2.45, 2.75) is 39.2 Å². The Morgan fingerprint density at radius 3 is 2.45 bits per heavy atom. The Balaban J connectivity index is 1.54. The van der Waals surface area contributed by atoms with Gasteiger partial charge in [0.15, 0.2) is 5.96 Å².